The Hall–Kier alpha value is -3.04. The molecular formula is C21H20N2O5S2. The second-order valence-electron chi connectivity index (χ2n) is 6.73. The van der Waals surface area contributed by atoms with Gasteiger partial charge in [-0.05, 0) is 42.6 Å². The summed E-state index contributed by atoms with van der Waals surface area (Å²) < 4.78 is 38.5. The van der Waals surface area contributed by atoms with E-state index < -0.39 is 15.9 Å². The van der Waals surface area contributed by atoms with Crippen LogP contribution in [0.5, 0.6) is 11.5 Å². The molecular weight excluding hydrogens is 424 g/mol. The molecule has 156 valence electrons. The zero-order chi connectivity index (χ0) is 21.3. The van der Waals surface area contributed by atoms with E-state index in [4.69, 9.17) is 9.47 Å². The van der Waals surface area contributed by atoms with Gasteiger partial charge in [0.2, 0.25) is 0 Å². The molecule has 30 heavy (non-hydrogen) atoms. The first-order chi connectivity index (χ1) is 14.4. The summed E-state index contributed by atoms with van der Waals surface area (Å²) in [6.45, 7) is 2.84. The van der Waals surface area contributed by atoms with Gasteiger partial charge in [-0.1, -0.05) is 17.7 Å². The lowest BCUT2D eigenvalue weighted by Crippen LogP contribution is -2.28. The zero-order valence-electron chi connectivity index (χ0n) is 16.4. The lowest BCUT2D eigenvalue weighted by Gasteiger charge is -2.20. The van der Waals surface area contributed by atoms with Crippen LogP contribution in [-0.4, -0.2) is 34.6 Å². The van der Waals surface area contributed by atoms with E-state index in [2.05, 4.69) is 5.32 Å². The van der Waals surface area contributed by atoms with Crippen molar-refractivity contribution in [2.45, 2.75) is 11.8 Å². The molecule has 1 aliphatic heterocycles. The number of nitrogens with one attached hydrogen (secondary N) is 1. The van der Waals surface area contributed by atoms with E-state index >= 15 is 0 Å². The summed E-state index contributed by atoms with van der Waals surface area (Å²) in [6, 6.07) is 13.6. The maximum absolute atomic E-state index is 13.2. The monoisotopic (exact) mass is 444 g/mol. The van der Waals surface area contributed by atoms with E-state index in [9.17, 15) is 13.2 Å². The molecule has 0 spiro atoms. The van der Waals surface area contributed by atoms with Crippen molar-refractivity contribution in [3.8, 4) is 11.5 Å². The summed E-state index contributed by atoms with van der Waals surface area (Å²) in [6.07, 6.45) is 0. The topological polar surface area (TPSA) is 84.9 Å². The van der Waals surface area contributed by atoms with E-state index in [1.807, 2.05) is 19.1 Å². The molecule has 0 atom stereocenters. The molecule has 0 radical (unpaired) electrons. The fourth-order valence-corrected chi connectivity index (χ4v) is 5.51. The number of thiophene rings is 1. The highest BCUT2D eigenvalue weighted by Crippen LogP contribution is 2.33. The minimum absolute atomic E-state index is 0.0365. The zero-order valence-corrected chi connectivity index (χ0v) is 18.0. The fraction of sp³-hybridized carbons (Fsp3) is 0.190. The van der Waals surface area contributed by atoms with Crippen molar-refractivity contribution in [3.63, 3.8) is 0 Å². The van der Waals surface area contributed by atoms with Crippen molar-refractivity contribution in [3.05, 3.63) is 64.4 Å². The second kappa shape index (κ2) is 8.00. The SMILES string of the molecule is Cc1ccc(N(C)S(=O)(=O)c2ccsc2C(=O)Nc2ccc3c(c2)OCCO3)cc1. The number of aryl methyl sites for hydroxylation is 1. The average Bonchev–Trinajstić information content (AvgIpc) is 3.25. The molecule has 0 unspecified atom stereocenters. The minimum Gasteiger partial charge on any atom is -0.486 e. The van der Waals surface area contributed by atoms with Gasteiger partial charge in [-0.15, -0.1) is 11.3 Å². The van der Waals surface area contributed by atoms with Crippen LogP contribution in [0, 0.1) is 6.92 Å². The van der Waals surface area contributed by atoms with Gasteiger partial charge in [-0.3, -0.25) is 9.10 Å². The smallest absolute Gasteiger partial charge is 0.267 e. The van der Waals surface area contributed by atoms with E-state index in [1.165, 1.54) is 17.4 Å². The van der Waals surface area contributed by atoms with Gasteiger partial charge in [-0.25, -0.2) is 8.42 Å². The Bertz CT molecular complexity index is 1190. The number of hydrogen-bond donors (Lipinski definition) is 1. The first-order valence-corrected chi connectivity index (χ1v) is 11.5. The Balaban J connectivity index is 1.59. The van der Waals surface area contributed by atoms with Gasteiger partial charge in [0, 0.05) is 18.8 Å². The van der Waals surface area contributed by atoms with Crippen molar-refractivity contribution in [1.82, 2.24) is 0 Å². The lowest BCUT2D eigenvalue weighted by molar-refractivity contribution is 0.102. The van der Waals surface area contributed by atoms with Gasteiger partial charge in [0.15, 0.2) is 11.5 Å². The maximum Gasteiger partial charge on any atom is 0.267 e. The van der Waals surface area contributed by atoms with E-state index in [0.717, 1.165) is 16.9 Å². The standard InChI is InChI=1S/C21H20N2O5S2/c1-14-3-6-16(7-4-14)23(2)30(25,26)19-9-12-29-20(19)21(24)22-15-5-8-17-18(13-15)28-11-10-27-17/h3-9,12-13H,10-11H2,1-2H3,(H,22,24). The van der Waals surface area contributed by atoms with Crippen molar-refractivity contribution in [2.75, 3.05) is 29.9 Å². The molecule has 1 aliphatic rings. The molecule has 7 nitrogen and oxygen atoms in total. The van der Waals surface area contributed by atoms with Crippen LogP contribution in [0.25, 0.3) is 0 Å². The molecule has 2 heterocycles. The van der Waals surface area contributed by atoms with Crippen LogP contribution in [-0.2, 0) is 10.0 Å². The van der Waals surface area contributed by atoms with E-state index in [0.29, 0.717) is 36.1 Å². The Morgan fingerprint density at radius 1 is 1.03 bits per heavy atom. The van der Waals surface area contributed by atoms with Gasteiger partial charge >= 0.3 is 0 Å². The molecule has 0 bridgehead atoms. The molecule has 9 heteroatoms. The molecule has 1 aromatic heterocycles. The van der Waals surface area contributed by atoms with Crippen molar-refractivity contribution < 1.29 is 22.7 Å². The summed E-state index contributed by atoms with van der Waals surface area (Å²) in [5, 5.41) is 4.34. The lowest BCUT2D eigenvalue weighted by atomic mass is 10.2. The largest absolute Gasteiger partial charge is 0.486 e. The molecule has 1 N–H and O–H groups in total. The number of rotatable bonds is 5. The number of amides is 1. The molecule has 0 fully saturated rings. The molecule has 0 aliphatic carbocycles. The number of ether oxygens (including phenoxy) is 2. The third-order valence-electron chi connectivity index (χ3n) is 4.67. The maximum atomic E-state index is 13.2. The van der Waals surface area contributed by atoms with Crippen LogP contribution >= 0.6 is 11.3 Å². The van der Waals surface area contributed by atoms with Crippen LogP contribution < -0.4 is 19.1 Å². The Labute approximate surface area is 178 Å². The Morgan fingerprint density at radius 3 is 2.47 bits per heavy atom. The van der Waals surface area contributed by atoms with E-state index in [-0.39, 0.29) is 9.77 Å². The number of carbonyl (C=O) groups is 1. The number of fused-ring (bicyclic) bond motifs is 1. The van der Waals surface area contributed by atoms with Crippen LogP contribution in [0.3, 0.4) is 0 Å². The second-order valence-corrected chi connectivity index (χ2v) is 9.59. The summed E-state index contributed by atoms with van der Waals surface area (Å²) in [7, 11) is -2.43. The average molecular weight is 445 g/mol. The number of nitrogens with zero attached hydrogens (tertiary/aromatic N) is 1. The summed E-state index contributed by atoms with van der Waals surface area (Å²) in [5.41, 5.74) is 2.04. The van der Waals surface area contributed by atoms with Crippen LogP contribution in [0.2, 0.25) is 0 Å². The highest BCUT2D eigenvalue weighted by Gasteiger charge is 2.28. The highest BCUT2D eigenvalue weighted by molar-refractivity contribution is 7.93. The number of anilines is 2. The molecule has 1 amide bonds. The van der Waals surface area contributed by atoms with Gasteiger partial charge < -0.3 is 14.8 Å². The summed E-state index contributed by atoms with van der Waals surface area (Å²) >= 11 is 1.07. The Kier molecular flexibility index (Phi) is 5.40. The van der Waals surface area contributed by atoms with Gasteiger partial charge in [0.1, 0.15) is 23.0 Å². The predicted octanol–water partition coefficient (Wildman–Crippen LogP) is 3.91. The molecule has 0 saturated carbocycles. The van der Waals surface area contributed by atoms with Crippen LogP contribution in [0.4, 0.5) is 11.4 Å². The third kappa shape index (κ3) is 3.86. The predicted molar refractivity (Wildman–Crippen MR) is 116 cm³/mol. The fourth-order valence-electron chi connectivity index (χ4n) is 3.02. The first-order valence-electron chi connectivity index (χ1n) is 9.20. The minimum atomic E-state index is -3.91. The third-order valence-corrected chi connectivity index (χ3v) is 7.54. The number of benzene rings is 2. The van der Waals surface area contributed by atoms with Gasteiger partial charge in [0.05, 0.1) is 5.69 Å². The quantitative estimate of drug-likeness (QED) is 0.645. The molecule has 0 saturated heterocycles. The van der Waals surface area contributed by atoms with Gasteiger partial charge in [0.25, 0.3) is 15.9 Å². The summed E-state index contributed by atoms with van der Waals surface area (Å²) in [5.74, 6) is 0.646. The number of sulfonamides is 1. The molecule has 3 aromatic rings. The van der Waals surface area contributed by atoms with E-state index in [1.54, 1.807) is 35.7 Å². The van der Waals surface area contributed by atoms with Crippen LogP contribution in [0.1, 0.15) is 15.2 Å². The van der Waals surface area contributed by atoms with Crippen molar-refractivity contribution in [2.24, 2.45) is 0 Å². The number of hydrogen-bond acceptors (Lipinski definition) is 6. The Morgan fingerprint density at radius 2 is 1.73 bits per heavy atom. The summed E-state index contributed by atoms with van der Waals surface area (Å²) in [4.78, 5) is 12.9. The molecule has 4 rings (SSSR count). The normalized spacial score (nSPS) is 13.0. The van der Waals surface area contributed by atoms with Crippen molar-refractivity contribution >= 4 is 38.6 Å². The number of carbonyl (C=O) groups excluding carboxylic acids is 1. The first kappa shape index (κ1) is 20.2. The van der Waals surface area contributed by atoms with Crippen LogP contribution in [0.15, 0.2) is 58.8 Å². The van der Waals surface area contributed by atoms with Crippen molar-refractivity contribution in [1.29, 1.82) is 0 Å². The van der Waals surface area contributed by atoms with Gasteiger partial charge in [-0.2, -0.15) is 0 Å². The molecule has 2 aromatic carbocycles. The highest BCUT2D eigenvalue weighted by atomic mass is 32.2.